The Balaban J connectivity index is 1.20. The SMILES string of the molecule is CCOC(=O)[C@@H]1CN(c2nccc(C(F)(F)F)n2)C[C@@H]1Cc1ccc(OCCc2nc(-c3ccccc3)oc2C)cc1. The van der Waals surface area contributed by atoms with Crippen LogP contribution in [0.5, 0.6) is 5.75 Å². The number of carbonyl (C=O) groups is 1. The molecule has 1 fully saturated rings. The molecule has 2 atom stereocenters. The zero-order chi connectivity index (χ0) is 29.7. The van der Waals surface area contributed by atoms with Crippen molar-refractivity contribution in [2.75, 3.05) is 31.2 Å². The van der Waals surface area contributed by atoms with E-state index in [1.54, 1.807) is 11.8 Å². The maximum Gasteiger partial charge on any atom is 0.433 e. The van der Waals surface area contributed by atoms with Crippen LogP contribution in [0.3, 0.4) is 0 Å². The van der Waals surface area contributed by atoms with Gasteiger partial charge in [0.2, 0.25) is 11.8 Å². The van der Waals surface area contributed by atoms with Crippen molar-refractivity contribution >= 4 is 11.9 Å². The second-order valence-electron chi connectivity index (χ2n) is 10.1. The number of ether oxygens (including phenoxy) is 2. The van der Waals surface area contributed by atoms with Crippen molar-refractivity contribution < 1.29 is 31.9 Å². The molecule has 0 saturated carbocycles. The maximum atomic E-state index is 13.2. The first-order valence-corrected chi connectivity index (χ1v) is 13.8. The summed E-state index contributed by atoms with van der Waals surface area (Å²) in [5, 5.41) is 0. The Morgan fingerprint density at radius 2 is 1.81 bits per heavy atom. The Morgan fingerprint density at radius 3 is 2.52 bits per heavy atom. The highest BCUT2D eigenvalue weighted by Gasteiger charge is 2.40. The number of nitrogens with zero attached hydrogens (tertiary/aromatic N) is 4. The van der Waals surface area contributed by atoms with Gasteiger partial charge in [-0.2, -0.15) is 13.2 Å². The lowest BCUT2D eigenvalue weighted by atomic mass is 9.90. The van der Waals surface area contributed by atoms with Crippen molar-refractivity contribution in [2.24, 2.45) is 11.8 Å². The number of oxazole rings is 1. The molecule has 0 radical (unpaired) electrons. The number of rotatable bonds is 10. The van der Waals surface area contributed by atoms with Gasteiger partial charge in [0.1, 0.15) is 17.2 Å². The number of halogens is 3. The lowest BCUT2D eigenvalue weighted by molar-refractivity contribution is -0.148. The van der Waals surface area contributed by atoms with Crippen LogP contribution < -0.4 is 9.64 Å². The lowest BCUT2D eigenvalue weighted by Gasteiger charge is -2.17. The molecule has 0 spiro atoms. The fraction of sp³-hybridized carbons (Fsp3) is 0.355. The van der Waals surface area contributed by atoms with Crippen LogP contribution in [0.4, 0.5) is 19.1 Å². The van der Waals surface area contributed by atoms with E-state index < -0.39 is 17.8 Å². The fourth-order valence-electron chi connectivity index (χ4n) is 5.07. The fourth-order valence-corrected chi connectivity index (χ4v) is 5.07. The summed E-state index contributed by atoms with van der Waals surface area (Å²) in [6.07, 6.45) is -2.39. The van der Waals surface area contributed by atoms with E-state index >= 15 is 0 Å². The minimum Gasteiger partial charge on any atom is -0.493 e. The topological polar surface area (TPSA) is 90.6 Å². The van der Waals surface area contributed by atoms with Crippen LogP contribution in [0.25, 0.3) is 11.5 Å². The summed E-state index contributed by atoms with van der Waals surface area (Å²) in [4.78, 5) is 26.7. The van der Waals surface area contributed by atoms with Crippen LogP contribution in [0.15, 0.2) is 71.3 Å². The van der Waals surface area contributed by atoms with E-state index in [0.29, 0.717) is 37.6 Å². The summed E-state index contributed by atoms with van der Waals surface area (Å²) < 4.78 is 56.6. The van der Waals surface area contributed by atoms with Gasteiger partial charge in [0.25, 0.3) is 0 Å². The molecule has 1 aliphatic rings. The van der Waals surface area contributed by atoms with Crippen molar-refractivity contribution in [2.45, 2.75) is 32.9 Å². The van der Waals surface area contributed by atoms with E-state index in [-0.39, 0.29) is 31.0 Å². The molecule has 0 bridgehead atoms. The second-order valence-corrected chi connectivity index (χ2v) is 10.1. The summed E-state index contributed by atoms with van der Waals surface area (Å²) in [5.74, 6) is 0.881. The van der Waals surface area contributed by atoms with Crippen molar-refractivity contribution in [3.05, 3.63) is 89.6 Å². The zero-order valence-corrected chi connectivity index (χ0v) is 23.3. The molecule has 0 aliphatic carbocycles. The van der Waals surface area contributed by atoms with Gasteiger partial charge in [0.05, 0.1) is 24.8 Å². The van der Waals surface area contributed by atoms with E-state index in [0.717, 1.165) is 34.8 Å². The monoisotopic (exact) mass is 580 g/mol. The quantitative estimate of drug-likeness (QED) is 0.213. The number of benzene rings is 2. The van der Waals surface area contributed by atoms with Crippen LogP contribution in [0, 0.1) is 18.8 Å². The number of esters is 1. The highest BCUT2D eigenvalue weighted by molar-refractivity contribution is 5.74. The van der Waals surface area contributed by atoms with Gasteiger partial charge in [-0.1, -0.05) is 30.3 Å². The molecule has 8 nitrogen and oxygen atoms in total. The standard InChI is InChI=1S/C31H31F3N4O4/c1-3-40-29(39)25-19-38(30-35-15-13-27(37-30)31(32,33)34)18-23(25)17-21-9-11-24(12-10-21)41-16-14-26-20(2)42-28(36-26)22-7-5-4-6-8-22/h4-13,15,23,25H,3,14,16-19H2,1-2H3/t23-,25+/m0/s1. The summed E-state index contributed by atoms with van der Waals surface area (Å²) >= 11 is 0. The van der Waals surface area contributed by atoms with E-state index in [9.17, 15) is 18.0 Å². The lowest BCUT2D eigenvalue weighted by Crippen LogP contribution is -2.27. The van der Waals surface area contributed by atoms with Crippen molar-refractivity contribution in [1.82, 2.24) is 15.0 Å². The molecule has 42 heavy (non-hydrogen) atoms. The first-order valence-electron chi connectivity index (χ1n) is 13.8. The van der Waals surface area contributed by atoms with E-state index in [2.05, 4.69) is 15.0 Å². The van der Waals surface area contributed by atoms with Gasteiger partial charge in [-0.25, -0.2) is 15.0 Å². The first kappa shape index (κ1) is 29.1. The van der Waals surface area contributed by atoms with E-state index in [4.69, 9.17) is 13.9 Å². The Bertz CT molecular complexity index is 1490. The highest BCUT2D eigenvalue weighted by Crippen LogP contribution is 2.33. The van der Waals surface area contributed by atoms with E-state index in [1.165, 1.54) is 0 Å². The average Bonchev–Trinajstić information content (AvgIpc) is 3.58. The summed E-state index contributed by atoms with van der Waals surface area (Å²) in [7, 11) is 0. The number of aryl methyl sites for hydroxylation is 1. The van der Waals surface area contributed by atoms with Gasteiger partial charge in [-0.3, -0.25) is 4.79 Å². The van der Waals surface area contributed by atoms with Gasteiger partial charge in [-0.05, 0) is 62.1 Å². The van der Waals surface area contributed by atoms with Crippen molar-refractivity contribution in [3.8, 4) is 17.2 Å². The molecule has 2 aromatic heterocycles. The Hall–Kier alpha value is -4.41. The predicted molar refractivity (Wildman–Crippen MR) is 149 cm³/mol. The van der Waals surface area contributed by atoms with Gasteiger partial charge in [-0.15, -0.1) is 0 Å². The van der Waals surface area contributed by atoms with Crippen molar-refractivity contribution in [1.29, 1.82) is 0 Å². The van der Waals surface area contributed by atoms with E-state index in [1.807, 2.05) is 61.5 Å². The van der Waals surface area contributed by atoms with Gasteiger partial charge in [0, 0.05) is 31.3 Å². The Morgan fingerprint density at radius 1 is 1.05 bits per heavy atom. The molecule has 3 heterocycles. The third-order valence-corrected chi connectivity index (χ3v) is 7.19. The number of hydrogen-bond acceptors (Lipinski definition) is 8. The molecule has 220 valence electrons. The van der Waals surface area contributed by atoms with Crippen LogP contribution in [0.2, 0.25) is 0 Å². The van der Waals surface area contributed by atoms with Crippen LogP contribution in [0.1, 0.15) is 29.6 Å². The van der Waals surface area contributed by atoms with Gasteiger partial charge < -0.3 is 18.8 Å². The molecule has 0 N–H and O–H groups in total. The van der Waals surface area contributed by atoms with Crippen LogP contribution >= 0.6 is 0 Å². The minimum atomic E-state index is -4.58. The molecule has 2 aromatic carbocycles. The summed E-state index contributed by atoms with van der Waals surface area (Å²) in [6.45, 7) is 4.75. The summed E-state index contributed by atoms with van der Waals surface area (Å²) in [6, 6.07) is 18.1. The third kappa shape index (κ3) is 6.89. The number of anilines is 1. The first-order chi connectivity index (χ1) is 20.2. The van der Waals surface area contributed by atoms with Gasteiger partial charge >= 0.3 is 12.1 Å². The van der Waals surface area contributed by atoms with Crippen molar-refractivity contribution in [3.63, 3.8) is 0 Å². The number of alkyl halides is 3. The smallest absolute Gasteiger partial charge is 0.433 e. The molecule has 11 heteroatoms. The van der Waals surface area contributed by atoms with Crippen LogP contribution in [-0.4, -0.2) is 47.2 Å². The van der Waals surface area contributed by atoms with Gasteiger partial charge in [0.15, 0.2) is 0 Å². The normalized spacial score (nSPS) is 16.9. The zero-order valence-electron chi connectivity index (χ0n) is 23.3. The molecule has 1 saturated heterocycles. The molecule has 5 rings (SSSR count). The largest absolute Gasteiger partial charge is 0.493 e. The Kier molecular flexibility index (Phi) is 8.75. The molecule has 4 aromatic rings. The predicted octanol–water partition coefficient (Wildman–Crippen LogP) is 5.94. The number of carbonyl (C=O) groups excluding carboxylic acids is 1. The highest BCUT2D eigenvalue weighted by atomic mass is 19.4. The summed E-state index contributed by atoms with van der Waals surface area (Å²) in [5.41, 5.74) is 1.70. The third-order valence-electron chi connectivity index (χ3n) is 7.19. The number of hydrogen-bond donors (Lipinski definition) is 0. The second kappa shape index (κ2) is 12.6. The molecule has 1 aliphatic heterocycles. The molecule has 0 unspecified atom stereocenters. The molecular weight excluding hydrogens is 549 g/mol. The maximum absolute atomic E-state index is 13.2. The minimum absolute atomic E-state index is 0.0522. The molecular formula is C31H31F3N4O4. The average molecular weight is 581 g/mol. The Labute approximate surface area is 241 Å². The van der Waals surface area contributed by atoms with Crippen LogP contribution in [-0.2, 0) is 28.5 Å². The molecule has 0 amide bonds. The number of aromatic nitrogens is 3.